The molecule has 148 valence electrons. The first-order valence-corrected chi connectivity index (χ1v) is 11.8. The maximum atomic E-state index is 12.3. The number of amides is 1. The molecule has 0 unspecified atom stereocenters. The number of nitrogens with one attached hydrogen (secondary N) is 2. The summed E-state index contributed by atoms with van der Waals surface area (Å²) in [6.45, 7) is 3.74. The van der Waals surface area contributed by atoms with Crippen molar-refractivity contribution in [3.63, 3.8) is 0 Å². The zero-order valence-electron chi connectivity index (χ0n) is 14.9. The number of sulfone groups is 1. The van der Waals surface area contributed by atoms with Crippen LogP contribution in [0.5, 0.6) is 0 Å². The van der Waals surface area contributed by atoms with Gasteiger partial charge in [0, 0.05) is 30.6 Å². The maximum Gasteiger partial charge on any atom is 0.251 e. The average Bonchev–Trinajstić information content (AvgIpc) is 3.09. The van der Waals surface area contributed by atoms with Crippen LogP contribution in [0.15, 0.2) is 23.2 Å². The SMILES string of the molecule is CCOCCCNC(=O)c1ccc(Cl)c(NC2=N[C@H]3CS(=O)(=O)C[C@H]3S2)c1. The number of benzene rings is 1. The molecule has 0 radical (unpaired) electrons. The lowest BCUT2D eigenvalue weighted by Crippen LogP contribution is -2.25. The van der Waals surface area contributed by atoms with Crippen LogP contribution in [0.4, 0.5) is 5.69 Å². The summed E-state index contributed by atoms with van der Waals surface area (Å²) >= 11 is 7.65. The van der Waals surface area contributed by atoms with Crippen molar-refractivity contribution in [1.29, 1.82) is 0 Å². The molecule has 1 aromatic carbocycles. The molecule has 0 bridgehead atoms. The lowest BCUT2D eigenvalue weighted by Gasteiger charge is -2.11. The van der Waals surface area contributed by atoms with E-state index in [0.717, 1.165) is 6.42 Å². The fraction of sp³-hybridized carbons (Fsp3) is 0.529. The number of nitrogens with zero attached hydrogens (tertiary/aromatic N) is 1. The number of anilines is 1. The minimum Gasteiger partial charge on any atom is -0.382 e. The molecule has 27 heavy (non-hydrogen) atoms. The Kier molecular flexibility index (Phi) is 6.67. The minimum atomic E-state index is -2.99. The van der Waals surface area contributed by atoms with Gasteiger partial charge in [0.2, 0.25) is 0 Å². The summed E-state index contributed by atoms with van der Waals surface area (Å²) in [4.78, 5) is 16.7. The Morgan fingerprint density at radius 3 is 2.96 bits per heavy atom. The van der Waals surface area contributed by atoms with Crippen molar-refractivity contribution in [3.05, 3.63) is 28.8 Å². The van der Waals surface area contributed by atoms with Gasteiger partial charge in [0.1, 0.15) is 0 Å². The molecule has 1 amide bonds. The fourth-order valence-electron chi connectivity index (χ4n) is 2.92. The van der Waals surface area contributed by atoms with Crippen molar-refractivity contribution in [2.75, 3.05) is 36.6 Å². The average molecular weight is 432 g/mol. The number of carbonyl (C=O) groups is 1. The number of fused-ring (bicyclic) bond motifs is 1. The molecule has 0 aromatic heterocycles. The zero-order chi connectivity index (χ0) is 19.4. The van der Waals surface area contributed by atoms with Gasteiger partial charge >= 0.3 is 0 Å². The summed E-state index contributed by atoms with van der Waals surface area (Å²) < 4.78 is 28.5. The second-order valence-electron chi connectivity index (χ2n) is 6.36. The predicted octanol–water partition coefficient (Wildman–Crippen LogP) is 2.18. The summed E-state index contributed by atoms with van der Waals surface area (Å²) in [5.74, 6) is 0.0538. The van der Waals surface area contributed by atoms with E-state index in [0.29, 0.717) is 41.2 Å². The van der Waals surface area contributed by atoms with E-state index in [9.17, 15) is 13.2 Å². The lowest BCUT2D eigenvalue weighted by molar-refractivity contribution is 0.0944. The Balaban J connectivity index is 1.60. The van der Waals surface area contributed by atoms with Crippen LogP contribution in [0.3, 0.4) is 0 Å². The van der Waals surface area contributed by atoms with Crippen molar-refractivity contribution < 1.29 is 17.9 Å². The third-order valence-corrected chi connectivity index (χ3v) is 7.71. The highest BCUT2D eigenvalue weighted by Gasteiger charge is 2.42. The predicted molar refractivity (Wildman–Crippen MR) is 110 cm³/mol. The molecule has 0 spiro atoms. The first-order chi connectivity index (χ1) is 12.9. The van der Waals surface area contributed by atoms with Crippen LogP contribution in [0.1, 0.15) is 23.7 Å². The minimum absolute atomic E-state index is 0.0481. The number of hydrogen-bond acceptors (Lipinski definition) is 7. The Labute approximate surface area is 168 Å². The van der Waals surface area contributed by atoms with Crippen molar-refractivity contribution in [2.24, 2.45) is 4.99 Å². The maximum absolute atomic E-state index is 12.3. The third kappa shape index (κ3) is 5.37. The second-order valence-corrected chi connectivity index (χ2v) is 10.1. The highest BCUT2D eigenvalue weighted by atomic mass is 35.5. The third-order valence-electron chi connectivity index (χ3n) is 4.24. The number of thioether (sulfide) groups is 1. The standard InChI is InChI=1S/C17H22ClN3O4S2/c1-2-25-7-3-6-19-16(22)11-4-5-12(18)13(8-11)20-17-21-14-9-27(23,24)10-15(14)26-17/h4-5,8,14-15H,2-3,6-7,9-10H2,1H3,(H,19,22)(H,20,21)/t14-,15+/m0/s1. The Morgan fingerprint density at radius 2 is 2.22 bits per heavy atom. The van der Waals surface area contributed by atoms with Crippen molar-refractivity contribution in [2.45, 2.75) is 24.6 Å². The van der Waals surface area contributed by atoms with Gasteiger partial charge in [-0.3, -0.25) is 9.79 Å². The van der Waals surface area contributed by atoms with Gasteiger partial charge in [0.15, 0.2) is 15.0 Å². The molecular weight excluding hydrogens is 410 g/mol. The van der Waals surface area contributed by atoms with Gasteiger partial charge in [0.25, 0.3) is 5.91 Å². The molecule has 10 heteroatoms. The van der Waals surface area contributed by atoms with Crippen molar-refractivity contribution in [3.8, 4) is 0 Å². The van der Waals surface area contributed by atoms with Gasteiger partial charge in [0.05, 0.1) is 28.3 Å². The fourth-order valence-corrected chi connectivity index (χ4v) is 6.75. The first-order valence-electron chi connectivity index (χ1n) is 8.75. The number of aliphatic imine (C=N–C) groups is 1. The van der Waals surface area contributed by atoms with Crippen LogP contribution in [0.25, 0.3) is 0 Å². The summed E-state index contributed by atoms with van der Waals surface area (Å²) in [6.07, 6.45) is 0.747. The number of amidine groups is 1. The summed E-state index contributed by atoms with van der Waals surface area (Å²) in [7, 11) is -2.99. The van der Waals surface area contributed by atoms with Gasteiger partial charge in [-0.25, -0.2) is 8.42 Å². The zero-order valence-corrected chi connectivity index (χ0v) is 17.3. The Morgan fingerprint density at radius 1 is 1.41 bits per heavy atom. The number of rotatable bonds is 7. The monoisotopic (exact) mass is 431 g/mol. The molecule has 1 aromatic rings. The highest BCUT2D eigenvalue weighted by Crippen LogP contribution is 2.35. The Hall–Kier alpha value is -1.29. The molecule has 7 nitrogen and oxygen atoms in total. The normalized spacial score (nSPS) is 23.0. The van der Waals surface area contributed by atoms with Crippen LogP contribution < -0.4 is 10.6 Å². The largest absolute Gasteiger partial charge is 0.382 e. The van der Waals surface area contributed by atoms with E-state index in [1.807, 2.05) is 6.92 Å². The summed E-state index contributed by atoms with van der Waals surface area (Å²) in [5, 5.41) is 7.03. The number of halogens is 1. The molecule has 0 aliphatic carbocycles. The molecule has 2 heterocycles. The van der Waals surface area contributed by atoms with Gasteiger partial charge in [-0.2, -0.15) is 0 Å². The molecule has 3 rings (SSSR count). The lowest BCUT2D eigenvalue weighted by atomic mass is 10.2. The van der Waals surface area contributed by atoms with Crippen LogP contribution in [-0.2, 0) is 14.6 Å². The van der Waals surface area contributed by atoms with Crippen LogP contribution in [-0.4, -0.2) is 62.0 Å². The summed E-state index contributed by atoms with van der Waals surface area (Å²) in [6, 6.07) is 4.78. The smallest absolute Gasteiger partial charge is 0.251 e. The van der Waals surface area contributed by atoms with E-state index in [1.54, 1.807) is 18.2 Å². The van der Waals surface area contributed by atoms with Crippen molar-refractivity contribution >= 4 is 50.0 Å². The second kappa shape index (κ2) is 8.81. The van der Waals surface area contributed by atoms with E-state index in [2.05, 4.69) is 15.6 Å². The number of ether oxygens (including phenoxy) is 1. The topological polar surface area (TPSA) is 96.9 Å². The molecule has 2 aliphatic heterocycles. The van der Waals surface area contributed by atoms with Gasteiger partial charge in [-0.1, -0.05) is 23.4 Å². The van der Waals surface area contributed by atoms with E-state index in [1.165, 1.54) is 11.8 Å². The highest BCUT2D eigenvalue weighted by molar-refractivity contribution is 8.15. The number of carbonyl (C=O) groups excluding carboxylic acids is 1. The first kappa shape index (κ1) is 20.4. The molecule has 2 N–H and O–H groups in total. The van der Waals surface area contributed by atoms with Crippen molar-refractivity contribution in [1.82, 2.24) is 5.32 Å². The van der Waals surface area contributed by atoms with Crippen LogP contribution in [0.2, 0.25) is 5.02 Å². The van der Waals surface area contributed by atoms with Gasteiger partial charge in [-0.05, 0) is 31.5 Å². The Bertz CT molecular complexity index is 845. The van der Waals surface area contributed by atoms with E-state index < -0.39 is 9.84 Å². The molecule has 2 aliphatic rings. The van der Waals surface area contributed by atoms with E-state index >= 15 is 0 Å². The van der Waals surface area contributed by atoms with Gasteiger partial charge in [-0.15, -0.1) is 0 Å². The van der Waals surface area contributed by atoms with Crippen LogP contribution >= 0.6 is 23.4 Å². The number of hydrogen-bond donors (Lipinski definition) is 2. The summed E-state index contributed by atoms with van der Waals surface area (Å²) in [5.41, 5.74) is 1.07. The van der Waals surface area contributed by atoms with E-state index in [-0.39, 0.29) is 28.7 Å². The molecular formula is C17H22ClN3O4S2. The van der Waals surface area contributed by atoms with Gasteiger partial charge < -0.3 is 15.4 Å². The van der Waals surface area contributed by atoms with Crippen LogP contribution in [0, 0.1) is 0 Å². The van der Waals surface area contributed by atoms with E-state index in [4.69, 9.17) is 16.3 Å². The quantitative estimate of drug-likeness (QED) is 0.642. The molecule has 1 saturated heterocycles. The molecule has 0 saturated carbocycles. The molecule has 1 fully saturated rings. The molecule has 2 atom stereocenters.